The lowest BCUT2D eigenvalue weighted by atomic mass is 10.0. The molecular formula is C10H17NO2. The Hall–Kier alpha value is -0.570. The third kappa shape index (κ3) is 1.35. The molecule has 0 aromatic rings. The number of aliphatic hydroxyl groups is 1. The molecule has 0 spiro atoms. The molecule has 2 heterocycles. The number of hydrogen-bond donors (Lipinski definition) is 1. The second kappa shape index (κ2) is 2.71. The first-order valence-corrected chi connectivity index (χ1v) is 5.05. The van der Waals surface area contributed by atoms with Gasteiger partial charge in [0, 0.05) is 12.1 Å². The van der Waals surface area contributed by atoms with Crippen LogP contribution in [0, 0.1) is 0 Å². The third-order valence-corrected chi connectivity index (χ3v) is 3.21. The predicted octanol–water partition coefficient (Wildman–Crippen LogP) is 0.911. The molecule has 3 nitrogen and oxygen atoms in total. The van der Waals surface area contributed by atoms with E-state index in [0.717, 1.165) is 25.7 Å². The Kier molecular flexibility index (Phi) is 1.88. The largest absolute Gasteiger partial charge is 0.381 e. The molecule has 2 aliphatic rings. The van der Waals surface area contributed by atoms with E-state index < -0.39 is 5.60 Å². The van der Waals surface area contributed by atoms with Gasteiger partial charge in [-0.15, -0.1) is 0 Å². The van der Waals surface area contributed by atoms with Crippen LogP contribution in [-0.4, -0.2) is 33.6 Å². The number of nitrogens with zero attached hydrogens (tertiary/aromatic N) is 1. The van der Waals surface area contributed by atoms with Crippen molar-refractivity contribution in [2.75, 3.05) is 0 Å². The lowest BCUT2D eigenvalue weighted by molar-refractivity contribution is -0.149. The first-order chi connectivity index (χ1) is 6.00. The van der Waals surface area contributed by atoms with E-state index in [0.29, 0.717) is 12.1 Å². The van der Waals surface area contributed by atoms with Crippen LogP contribution in [0.2, 0.25) is 0 Å². The molecule has 2 rings (SSSR count). The highest BCUT2D eigenvalue weighted by molar-refractivity contribution is 5.85. The van der Waals surface area contributed by atoms with Crippen LogP contribution in [0.5, 0.6) is 0 Å². The zero-order chi connectivity index (χ0) is 9.64. The number of amides is 1. The topological polar surface area (TPSA) is 40.5 Å². The van der Waals surface area contributed by atoms with Crippen LogP contribution in [0.1, 0.15) is 39.5 Å². The molecule has 0 aromatic carbocycles. The summed E-state index contributed by atoms with van der Waals surface area (Å²) in [5.74, 6) is -0.0856. The summed E-state index contributed by atoms with van der Waals surface area (Å²) >= 11 is 0. The quantitative estimate of drug-likeness (QED) is 0.656. The number of rotatable bonds is 1. The molecule has 0 aromatic heterocycles. The van der Waals surface area contributed by atoms with Gasteiger partial charge >= 0.3 is 0 Å². The normalized spacial score (nSPS) is 32.7. The molecule has 1 amide bonds. The van der Waals surface area contributed by atoms with E-state index in [1.54, 1.807) is 13.8 Å². The molecule has 2 aliphatic heterocycles. The van der Waals surface area contributed by atoms with Crippen LogP contribution in [0.4, 0.5) is 0 Å². The molecule has 0 saturated carbocycles. The van der Waals surface area contributed by atoms with Gasteiger partial charge in [0.2, 0.25) is 0 Å². The summed E-state index contributed by atoms with van der Waals surface area (Å²) in [6.07, 6.45) is 4.53. The van der Waals surface area contributed by atoms with Gasteiger partial charge in [0.1, 0.15) is 5.60 Å². The average molecular weight is 183 g/mol. The maximum Gasteiger partial charge on any atom is 0.254 e. The summed E-state index contributed by atoms with van der Waals surface area (Å²) in [6, 6.07) is 0.841. The van der Waals surface area contributed by atoms with Crippen molar-refractivity contribution < 1.29 is 9.90 Å². The number of fused-ring (bicyclic) bond motifs is 2. The van der Waals surface area contributed by atoms with Crippen LogP contribution >= 0.6 is 0 Å². The van der Waals surface area contributed by atoms with Gasteiger partial charge < -0.3 is 10.0 Å². The van der Waals surface area contributed by atoms with Crippen molar-refractivity contribution in [1.29, 1.82) is 0 Å². The fourth-order valence-electron chi connectivity index (χ4n) is 2.56. The SMILES string of the molecule is CC(C)(O)C(=O)N1C2CCC1CC2. The lowest BCUT2D eigenvalue weighted by Gasteiger charge is -2.28. The fourth-order valence-corrected chi connectivity index (χ4v) is 2.56. The lowest BCUT2D eigenvalue weighted by Crippen LogP contribution is -2.47. The van der Waals surface area contributed by atoms with E-state index in [1.807, 2.05) is 4.90 Å². The van der Waals surface area contributed by atoms with Crippen molar-refractivity contribution in [3.05, 3.63) is 0 Å². The molecule has 2 saturated heterocycles. The minimum absolute atomic E-state index is 0.0856. The molecule has 0 radical (unpaired) electrons. The van der Waals surface area contributed by atoms with Crippen molar-refractivity contribution in [2.24, 2.45) is 0 Å². The van der Waals surface area contributed by atoms with Crippen molar-refractivity contribution >= 4 is 5.91 Å². The van der Waals surface area contributed by atoms with Gasteiger partial charge in [-0.2, -0.15) is 0 Å². The van der Waals surface area contributed by atoms with Gasteiger partial charge in [-0.3, -0.25) is 4.79 Å². The first kappa shape index (κ1) is 9.00. The molecule has 74 valence electrons. The summed E-state index contributed by atoms with van der Waals surface area (Å²) in [5.41, 5.74) is -1.19. The van der Waals surface area contributed by atoms with Crippen LogP contribution in [0.25, 0.3) is 0 Å². The second-order valence-corrected chi connectivity index (χ2v) is 4.73. The Bertz CT molecular complexity index is 212. The number of hydrogen-bond acceptors (Lipinski definition) is 2. The molecule has 13 heavy (non-hydrogen) atoms. The van der Waals surface area contributed by atoms with Crippen LogP contribution in [0.15, 0.2) is 0 Å². The smallest absolute Gasteiger partial charge is 0.254 e. The Morgan fingerprint density at radius 1 is 1.23 bits per heavy atom. The summed E-state index contributed by atoms with van der Waals surface area (Å²) in [5, 5.41) is 9.62. The summed E-state index contributed by atoms with van der Waals surface area (Å²) in [4.78, 5) is 13.7. The molecule has 2 fully saturated rings. The van der Waals surface area contributed by atoms with Crippen LogP contribution < -0.4 is 0 Å². The van der Waals surface area contributed by atoms with Gasteiger partial charge in [-0.1, -0.05) is 0 Å². The Morgan fingerprint density at radius 2 is 1.62 bits per heavy atom. The van der Waals surface area contributed by atoms with E-state index in [9.17, 15) is 9.90 Å². The molecule has 1 N–H and O–H groups in total. The van der Waals surface area contributed by atoms with Crippen molar-refractivity contribution in [3.63, 3.8) is 0 Å². The average Bonchev–Trinajstić information content (AvgIpc) is 2.59. The molecular weight excluding hydrogens is 166 g/mol. The zero-order valence-corrected chi connectivity index (χ0v) is 8.29. The van der Waals surface area contributed by atoms with E-state index >= 15 is 0 Å². The molecule has 2 bridgehead atoms. The predicted molar refractivity (Wildman–Crippen MR) is 49.2 cm³/mol. The highest BCUT2D eigenvalue weighted by atomic mass is 16.3. The Balaban J connectivity index is 2.14. The van der Waals surface area contributed by atoms with Crippen LogP contribution in [-0.2, 0) is 4.79 Å². The molecule has 0 unspecified atom stereocenters. The minimum Gasteiger partial charge on any atom is -0.381 e. The Morgan fingerprint density at radius 3 is 1.92 bits per heavy atom. The van der Waals surface area contributed by atoms with Gasteiger partial charge in [0.15, 0.2) is 0 Å². The van der Waals surface area contributed by atoms with Gasteiger partial charge in [0.05, 0.1) is 0 Å². The van der Waals surface area contributed by atoms with Crippen molar-refractivity contribution in [1.82, 2.24) is 4.90 Å². The van der Waals surface area contributed by atoms with E-state index in [-0.39, 0.29) is 5.91 Å². The summed E-state index contributed by atoms with van der Waals surface area (Å²) in [6.45, 7) is 3.15. The number of carbonyl (C=O) groups is 1. The zero-order valence-electron chi connectivity index (χ0n) is 8.29. The number of carbonyl (C=O) groups excluding carboxylic acids is 1. The molecule has 0 atom stereocenters. The first-order valence-electron chi connectivity index (χ1n) is 5.05. The minimum atomic E-state index is -1.19. The van der Waals surface area contributed by atoms with Crippen molar-refractivity contribution in [2.45, 2.75) is 57.2 Å². The van der Waals surface area contributed by atoms with Gasteiger partial charge in [-0.05, 0) is 39.5 Å². The molecule has 0 aliphatic carbocycles. The van der Waals surface area contributed by atoms with E-state index in [4.69, 9.17) is 0 Å². The van der Waals surface area contributed by atoms with Crippen LogP contribution in [0.3, 0.4) is 0 Å². The summed E-state index contributed by atoms with van der Waals surface area (Å²) < 4.78 is 0. The van der Waals surface area contributed by atoms with Gasteiger partial charge in [-0.25, -0.2) is 0 Å². The van der Waals surface area contributed by atoms with Gasteiger partial charge in [0.25, 0.3) is 5.91 Å². The van der Waals surface area contributed by atoms with E-state index in [1.165, 1.54) is 0 Å². The Labute approximate surface area is 78.7 Å². The maximum absolute atomic E-state index is 11.8. The fraction of sp³-hybridized carbons (Fsp3) is 0.900. The summed E-state index contributed by atoms with van der Waals surface area (Å²) in [7, 11) is 0. The monoisotopic (exact) mass is 183 g/mol. The van der Waals surface area contributed by atoms with Crippen molar-refractivity contribution in [3.8, 4) is 0 Å². The standard InChI is InChI=1S/C10H17NO2/c1-10(2,13)9(12)11-7-3-4-8(11)6-5-7/h7-8,13H,3-6H2,1-2H3. The highest BCUT2D eigenvalue weighted by Gasteiger charge is 2.45. The maximum atomic E-state index is 11.8. The van der Waals surface area contributed by atoms with E-state index in [2.05, 4.69) is 0 Å². The molecule has 3 heteroatoms. The second-order valence-electron chi connectivity index (χ2n) is 4.73. The third-order valence-electron chi connectivity index (χ3n) is 3.21. The highest BCUT2D eigenvalue weighted by Crippen LogP contribution is 2.38.